The average Bonchev–Trinajstić information content (AvgIpc) is 3.13. The van der Waals surface area contributed by atoms with Gasteiger partial charge in [0.15, 0.2) is 0 Å². The molecular weight excluding hydrogens is 492 g/mol. The Morgan fingerprint density at radius 3 is 2.44 bits per heavy atom. The van der Waals surface area contributed by atoms with Crippen molar-refractivity contribution in [2.45, 2.75) is 40.0 Å². The number of hydrogen-bond donors (Lipinski definition) is 1. The molecule has 2 bridgehead atoms. The summed E-state index contributed by atoms with van der Waals surface area (Å²) in [5.74, 6) is -1.18. The molecule has 2 saturated carbocycles. The van der Waals surface area contributed by atoms with E-state index >= 15 is 0 Å². The molecule has 36 heavy (non-hydrogen) atoms. The van der Waals surface area contributed by atoms with E-state index in [-0.39, 0.29) is 28.6 Å². The van der Waals surface area contributed by atoms with Crippen molar-refractivity contribution in [2.24, 2.45) is 21.4 Å². The zero-order valence-electron chi connectivity index (χ0n) is 19.7. The molecule has 12 heteroatoms. The average molecular weight is 515 g/mol. The van der Waals surface area contributed by atoms with E-state index in [0.29, 0.717) is 24.2 Å². The lowest BCUT2D eigenvalue weighted by molar-refractivity contribution is -0.384. The zero-order chi connectivity index (χ0) is 26.5. The summed E-state index contributed by atoms with van der Waals surface area (Å²) in [7, 11) is 0. The van der Waals surface area contributed by atoms with Crippen molar-refractivity contribution in [3.8, 4) is 0 Å². The van der Waals surface area contributed by atoms with Gasteiger partial charge in [-0.2, -0.15) is 0 Å². The Kier molecular flexibility index (Phi) is 6.07. The molecule has 0 heterocycles. The van der Waals surface area contributed by atoms with Crippen molar-refractivity contribution in [3.63, 3.8) is 0 Å². The molecule has 1 amide bonds. The molecule has 0 aliphatic heterocycles. The number of nitro groups is 2. The van der Waals surface area contributed by atoms with Gasteiger partial charge in [0.2, 0.25) is 5.91 Å². The zero-order valence-corrected chi connectivity index (χ0v) is 20.5. The normalized spacial score (nSPS) is 24.9. The Morgan fingerprint density at radius 2 is 1.78 bits per heavy atom. The number of carbonyl (C=O) groups excluding carboxylic acids is 2. The third-order valence-electron chi connectivity index (χ3n) is 8.10. The maximum Gasteiger partial charge on any atom is 0.365 e. The number of anilines is 1. The maximum atomic E-state index is 13.6. The van der Waals surface area contributed by atoms with Crippen LogP contribution in [0.2, 0.25) is 5.02 Å². The number of non-ortho nitro benzene ring substituents is 1. The number of rotatable bonds is 6. The van der Waals surface area contributed by atoms with Crippen LogP contribution in [-0.4, -0.2) is 27.4 Å². The standard InChI is InChI=1S/C24H23ClN4O7/c1-22(2)23(3)9-10-24(22,21(31)26-15-5-4-6-16(12-15)28(32)33)13-19(23)27-36-20(30)14-7-8-17(25)18(11-14)29(34)35/h4-8,11-12H,9-10,13H2,1-3H3,(H,26,31). The number of hydrogen-bond acceptors (Lipinski definition) is 8. The third-order valence-corrected chi connectivity index (χ3v) is 8.42. The Balaban J connectivity index is 1.58. The fourth-order valence-electron chi connectivity index (χ4n) is 5.40. The summed E-state index contributed by atoms with van der Waals surface area (Å²) in [6, 6.07) is 9.28. The highest BCUT2D eigenvalue weighted by molar-refractivity contribution is 6.32. The van der Waals surface area contributed by atoms with Crippen LogP contribution >= 0.6 is 11.6 Å². The molecule has 4 rings (SSSR count). The first kappa shape index (κ1) is 25.2. The molecule has 188 valence electrons. The first-order chi connectivity index (χ1) is 16.8. The number of fused-ring (bicyclic) bond motifs is 2. The van der Waals surface area contributed by atoms with Gasteiger partial charge in [0, 0.05) is 35.7 Å². The number of halogens is 1. The van der Waals surface area contributed by atoms with Crippen molar-refractivity contribution in [1.29, 1.82) is 0 Å². The van der Waals surface area contributed by atoms with Crippen LogP contribution in [0.4, 0.5) is 17.1 Å². The quantitative estimate of drug-likeness (QED) is 0.302. The Morgan fingerprint density at radius 1 is 1.06 bits per heavy atom. The number of nitro benzene ring substituents is 2. The van der Waals surface area contributed by atoms with E-state index in [2.05, 4.69) is 10.5 Å². The van der Waals surface area contributed by atoms with E-state index in [9.17, 15) is 29.8 Å². The smallest absolute Gasteiger partial charge is 0.325 e. The lowest BCUT2D eigenvalue weighted by Crippen LogP contribution is -2.43. The number of amides is 1. The number of oxime groups is 1. The second kappa shape index (κ2) is 8.66. The molecule has 2 atom stereocenters. The second-order valence-corrected chi connectivity index (χ2v) is 10.2. The van der Waals surface area contributed by atoms with Crippen LogP contribution in [-0.2, 0) is 9.63 Å². The highest BCUT2D eigenvalue weighted by Crippen LogP contribution is 2.71. The molecule has 1 N–H and O–H groups in total. The molecule has 0 radical (unpaired) electrons. The summed E-state index contributed by atoms with van der Waals surface area (Å²) in [5, 5.41) is 29.0. The van der Waals surface area contributed by atoms with Crippen molar-refractivity contribution >= 4 is 46.3 Å². The first-order valence-electron chi connectivity index (χ1n) is 11.1. The van der Waals surface area contributed by atoms with E-state index in [4.69, 9.17) is 16.4 Å². The van der Waals surface area contributed by atoms with Gasteiger partial charge in [-0.05, 0) is 36.5 Å². The lowest BCUT2D eigenvalue weighted by Gasteiger charge is -2.39. The number of carbonyl (C=O) groups is 2. The highest BCUT2D eigenvalue weighted by Gasteiger charge is 2.71. The van der Waals surface area contributed by atoms with Gasteiger partial charge >= 0.3 is 5.97 Å². The third kappa shape index (κ3) is 3.79. The topological polar surface area (TPSA) is 154 Å². The lowest BCUT2D eigenvalue weighted by atomic mass is 9.64. The number of nitrogens with one attached hydrogen (secondary N) is 1. The summed E-state index contributed by atoms with van der Waals surface area (Å²) in [6.07, 6.45) is 1.41. The SMILES string of the molecule is CC12CCC(C(=O)Nc3cccc([N+](=O)[O-])c3)(CC1=NOC(=O)c1ccc(Cl)c([N+](=O)[O-])c1)C2(C)C. The molecule has 2 aromatic carbocycles. The van der Waals surface area contributed by atoms with Crippen LogP contribution in [0.1, 0.15) is 50.4 Å². The molecule has 2 aliphatic rings. The van der Waals surface area contributed by atoms with E-state index in [0.717, 1.165) is 6.07 Å². The number of benzene rings is 2. The van der Waals surface area contributed by atoms with Crippen LogP contribution in [0.3, 0.4) is 0 Å². The molecule has 2 fully saturated rings. The predicted octanol–water partition coefficient (Wildman–Crippen LogP) is 5.52. The highest BCUT2D eigenvalue weighted by atomic mass is 35.5. The van der Waals surface area contributed by atoms with E-state index in [1.807, 2.05) is 20.8 Å². The van der Waals surface area contributed by atoms with E-state index in [1.54, 1.807) is 6.07 Å². The minimum absolute atomic E-state index is 0.0823. The van der Waals surface area contributed by atoms with Gasteiger partial charge in [-0.1, -0.05) is 43.6 Å². The van der Waals surface area contributed by atoms with Crippen LogP contribution in [0, 0.1) is 36.5 Å². The monoisotopic (exact) mass is 514 g/mol. The molecule has 11 nitrogen and oxygen atoms in total. The van der Waals surface area contributed by atoms with Crippen LogP contribution in [0.5, 0.6) is 0 Å². The minimum Gasteiger partial charge on any atom is -0.325 e. The van der Waals surface area contributed by atoms with Gasteiger partial charge in [-0.25, -0.2) is 4.79 Å². The Labute approximate surface area is 210 Å². The summed E-state index contributed by atoms with van der Waals surface area (Å²) in [6.45, 7) is 5.88. The molecule has 2 unspecified atom stereocenters. The van der Waals surface area contributed by atoms with Gasteiger partial charge in [0.05, 0.1) is 26.5 Å². The van der Waals surface area contributed by atoms with Gasteiger partial charge in [-0.15, -0.1) is 0 Å². The van der Waals surface area contributed by atoms with Gasteiger partial charge in [0.1, 0.15) is 5.02 Å². The fraction of sp³-hybridized carbons (Fsp3) is 0.375. The summed E-state index contributed by atoms with van der Waals surface area (Å²) in [5.41, 5.74) is -1.81. The Hall–Kier alpha value is -3.86. The van der Waals surface area contributed by atoms with Crippen molar-refractivity contribution in [2.75, 3.05) is 5.32 Å². The van der Waals surface area contributed by atoms with Crippen LogP contribution < -0.4 is 5.32 Å². The van der Waals surface area contributed by atoms with Crippen LogP contribution in [0.25, 0.3) is 0 Å². The number of nitrogens with zero attached hydrogens (tertiary/aromatic N) is 3. The van der Waals surface area contributed by atoms with Crippen LogP contribution in [0.15, 0.2) is 47.6 Å². The molecule has 0 saturated heterocycles. The summed E-state index contributed by atoms with van der Waals surface area (Å²) in [4.78, 5) is 52.3. The van der Waals surface area contributed by atoms with E-state index < -0.39 is 37.7 Å². The second-order valence-electron chi connectivity index (χ2n) is 9.82. The largest absolute Gasteiger partial charge is 0.365 e. The summed E-state index contributed by atoms with van der Waals surface area (Å²) >= 11 is 5.80. The minimum atomic E-state index is -0.887. The molecule has 2 aliphatic carbocycles. The van der Waals surface area contributed by atoms with Crippen molar-refractivity contribution < 1.29 is 24.3 Å². The molecule has 2 aromatic rings. The first-order valence-corrected chi connectivity index (χ1v) is 11.5. The van der Waals surface area contributed by atoms with Gasteiger partial charge < -0.3 is 10.2 Å². The maximum absolute atomic E-state index is 13.6. The molecule has 0 spiro atoms. The molecular formula is C24H23ClN4O7. The predicted molar refractivity (Wildman–Crippen MR) is 131 cm³/mol. The molecule has 0 aromatic heterocycles. The fourth-order valence-corrected chi connectivity index (χ4v) is 5.59. The van der Waals surface area contributed by atoms with Gasteiger partial charge in [-0.3, -0.25) is 25.0 Å². The Bertz CT molecular complexity index is 1340. The van der Waals surface area contributed by atoms with E-state index in [1.165, 1.54) is 30.3 Å². The van der Waals surface area contributed by atoms with Crippen molar-refractivity contribution in [1.82, 2.24) is 0 Å². The van der Waals surface area contributed by atoms with Gasteiger partial charge in [0.25, 0.3) is 11.4 Å². The summed E-state index contributed by atoms with van der Waals surface area (Å²) < 4.78 is 0. The van der Waals surface area contributed by atoms with Crippen molar-refractivity contribution in [3.05, 3.63) is 73.3 Å².